The van der Waals surface area contributed by atoms with E-state index in [-0.39, 0.29) is 16.5 Å². The highest BCUT2D eigenvalue weighted by atomic mass is 32.2. The lowest BCUT2D eigenvalue weighted by atomic mass is 10.1. The molecule has 3 heterocycles. The Labute approximate surface area is 139 Å². The highest BCUT2D eigenvalue weighted by Gasteiger charge is 2.24. The van der Waals surface area contributed by atoms with Gasteiger partial charge in [-0.05, 0) is 25.8 Å². The van der Waals surface area contributed by atoms with Crippen molar-refractivity contribution < 1.29 is 17.5 Å². The first-order valence-corrected chi connectivity index (χ1v) is 9.19. The van der Waals surface area contributed by atoms with E-state index in [1.54, 1.807) is 11.6 Å². The van der Waals surface area contributed by atoms with Crippen molar-refractivity contribution in [3.8, 4) is 0 Å². The van der Waals surface area contributed by atoms with Gasteiger partial charge in [0, 0.05) is 37.2 Å². The van der Waals surface area contributed by atoms with E-state index in [9.17, 15) is 12.8 Å². The average molecular weight is 354 g/mol. The molecule has 1 atom stereocenters. The van der Waals surface area contributed by atoms with Crippen LogP contribution in [0, 0.1) is 5.82 Å². The molecule has 130 valence electrons. The summed E-state index contributed by atoms with van der Waals surface area (Å²) >= 11 is 0. The number of hydrogen-bond acceptors (Lipinski definition) is 5. The van der Waals surface area contributed by atoms with E-state index in [0.717, 1.165) is 19.0 Å². The molecule has 0 spiro atoms. The van der Waals surface area contributed by atoms with Crippen molar-refractivity contribution >= 4 is 10.0 Å². The molecule has 0 aliphatic carbocycles. The molecule has 3 rings (SSSR count). The van der Waals surface area contributed by atoms with Gasteiger partial charge in [-0.3, -0.25) is 9.67 Å². The van der Waals surface area contributed by atoms with Crippen molar-refractivity contribution in [1.29, 1.82) is 0 Å². The average Bonchev–Trinajstić information content (AvgIpc) is 3.06. The SMILES string of the molecule is C[C@H](NS(=O)(=O)c1cnn(C2CCOCC2)c1)c1ccncc1F. The molecule has 1 saturated heterocycles. The number of sulfonamides is 1. The lowest BCUT2D eigenvalue weighted by molar-refractivity contribution is 0.0662. The van der Waals surface area contributed by atoms with Crippen molar-refractivity contribution in [2.45, 2.75) is 36.7 Å². The van der Waals surface area contributed by atoms with Crippen molar-refractivity contribution in [2.24, 2.45) is 0 Å². The third-order valence-corrected chi connectivity index (χ3v) is 5.55. The lowest BCUT2D eigenvalue weighted by Gasteiger charge is -2.22. The van der Waals surface area contributed by atoms with Crippen LogP contribution in [0.25, 0.3) is 0 Å². The molecule has 24 heavy (non-hydrogen) atoms. The Morgan fingerprint density at radius 2 is 2.12 bits per heavy atom. The van der Waals surface area contributed by atoms with Crippen LogP contribution < -0.4 is 4.72 Å². The van der Waals surface area contributed by atoms with E-state index in [2.05, 4.69) is 14.8 Å². The molecule has 0 aromatic carbocycles. The van der Waals surface area contributed by atoms with Crippen LogP contribution in [0.1, 0.15) is 37.4 Å². The monoisotopic (exact) mass is 354 g/mol. The third kappa shape index (κ3) is 3.63. The summed E-state index contributed by atoms with van der Waals surface area (Å²) in [7, 11) is -3.79. The number of nitrogens with zero attached hydrogens (tertiary/aromatic N) is 3. The smallest absolute Gasteiger partial charge is 0.244 e. The molecule has 1 N–H and O–H groups in total. The maximum atomic E-state index is 13.7. The molecule has 0 saturated carbocycles. The summed E-state index contributed by atoms with van der Waals surface area (Å²) in [5.41, 5.74) is 0.241. The lowest BCUT2D eigenvalue weighted by Crippen LogP contribution is -2.27. The zero-order valence-electron chi connectivity index (χ0n) is 13.2. The molecule has 1 aliphatic rings. The molecule has 2 aromatic rings. The zero-order valence-corrected chi connectivity index (χ0v) is 14.0. The van der Waals surface area contributed by atoms with E-state index >= 15 is 0 Å². The second-order valence-electron chi connectivity index (χ2n) is 5.74. The van der Waals surface area contributed by atoms with E-state index in [1.165, 1.54) is 24.7 Å². The van der Waals surface area contributed by atoms with E-state index in [1.807, 2.05) is 0 Å². The van der Waals surface area contributed by atoms with Crippen LogP contribution in [0.4, 0.5) is 4.39 Å². The first-order valence-electron chi connectivity index (χ1n) is 7.71. The zero-order chi connectivity index (χ0) is 17.2. The molecule has 1 aliphatic heterocycles. The highest BCUT2D eigenvalue weighted by Crippen LogP contribution is 2.23. The summed E-state index contributed by atoms with van der Waals surface area (Å²) in [6, 6.07) is 0.871. The van der Waals surface area contributed by atoms with Gasteiger partial charge in [0.25, 0.3) is 0 Å². The van der Waals surface area contributed by atoms with Crippen molar-refractivity contribution in [3.05, 3.63) is 42.2 Å². The van der Waals surface area contributed by atoms with Crippen LogP contribution in [0.15, 0.2) is 35.7 Å². The van der Waals surface area contributed by atoms with Gasteiger partial charge < -0.3 is 4.74 Å². The Bertz CT molecular complexity index is 803. The molecule has 0 unspecified atom stereocenters. The summed E-state index contributed by atoms with van der Waals surface area (Å²) in [6.07, 6.45) is 6.90. The Morgan fingerprint density at radius 3 is 2.83 bits per heavy atom. The number of nitrogens with one attached hydrogen (secondary N) is 1. The minimum atomic E-state index is -3.79. The molecule has 2 aromatic heterocycles. The van der Waals surface area contributed by atoms with Gasteiger partial charge in [0.2, 0.25) is 10.0 Å². The second-order valence-corrected chi connectivity index (χ2v) is 7.45. The standard InChI is InChI=1S/C15H19FN4O3S/c1-11(14-2-5-17-9-15(14)16)19-24(21,22)13-8-18-20(10-13)12-3-6-23-7-4-12/h2,5,8-12,19H,3-4,6-7H2,1H3/t11-/m0/s1. The molecule has 0 amide bonds. The van der Waals surface area contributed by atoms with Gasteiger partial charge >= 0.3 is 0 Å². The molecule has 1 fully saturated rings. The largest absolute Gasteiger partial charge is 0.381 e. The number of rotatable bonds is 5. The maximum Gasteiger partial charge on any atom is 0.244 e. The fourth-order valence-corrected chi connectivity index (χ4v) is 3.87. The Morgan fingerprint density at radius 1 is 1.38 bits per heavy atom. The van der Waals surface area contributed by atoms with Gasteiger partial charge in [-0.1, -0.05) is 0 Å². The number of pyridine rings is 1. The molecular weight excluding hydrogens is 335 g/mol. The molecular formula is C15H19FN4O3S. The van der Waals surface area contributed by atoms with E-state index in [4.69, 9.17) is 4.74 Å². The second kappa shape index (κ2) is 6.96. The first kappa shape index (κ1) is 17.0. The Kier molecular flexibility index (Phi) is 4.93. The van der Waals surface area contributed by atoms with Gasteiger partial charge in [-0.2, -0.15) is 5.10 Å². The Balaban J connectivity index is 1.76. The van der Waals surface area contributed by atoms with Gasteiger partial charge in [0.05, 0.1) is 18.4 Å². The molecule has 7 nitrogen and oxygen atoms in total. The van der Waals surface area contributed by atoms with Crippen LogP contribution in [-0.2, 0) is 14.8 Å². The summed E-state index contributed by atoms with van der Waals surface area (Å²) in [4.78, 5) is 3.73. The fourth-order valence-electron chi connectivity index (χ4n) is 2.71. The predicted octanol–water partition coefficient (Wildman–Crippen LogP) is 1.81. The van der Waals surface area contributed by atoms with Gasteiger partial charge in [0.15, 0.2) is 0 Å². The fraction of sp³-hybridized carbons (Fsp3) is 0.467. The van der Waals surface area contributed by atoms with Crippen LogP contribution in [0.3, 0.4) is 0 Å². The molecule has 0 bridgehead atoms. The number of aromatic nitrogens is 3. The van der Waals surface area contributed by atoms with Crippen molar-refractivity contribution in [1.82, 2.24) is 19.5 Å². The topological polar surface area (TPSA) is 86.1 Å². The number of halogens is 1. The summed E-state index contributed by atoms with van der Waals surface area (Å²) in [5.74, 6) is -0.550. The van der Waals surface area contributed by atoms with Gasteiger partial charge in [0.1, 0.15) is 10.7 Å². The number of hydrogen-bond donors (Lipinski definition) is 1. The normalized spacial score (nSPS) is 17.8. The third-order valence-electron chi connectivity index (χ3n) is 4.06. The van der Waals surface area contributed by atoms with Crippen LogP contribution in [0.2, 0.25) is 0 Å². The number of ether oxygens (including phenoxy) is 1. The quantitative estimate of drug-likeness (QED) is 0.885. The first-order chi connectivity index (χ1) is 11.5. The highest BCUT2D eigenvalue weighted by molar-refractivity contribution is 7.89. The minimum Gasteiger partial charge on any atom is -0.381 e. The van der Waals surface area contributed by atoms with Crippen molar-refractivity contribution in [2.75, 3.05) is 13.2 Å². The minimum absolute atomic E-state index is 0.0651. The summed E-state index contributed by atoms with van der Waals surface area (Å²) in [5, 5.41) is 4.16. The molecule has 0 radical (unpaired) electrons. The van der Waals surface area contributed by atoms with Gasteiger partial charge in [-0.15, -0.1) is 0 Å². The summed E-state index contributed by atoms with van der Waals surface area (Å²) in [6.45, 7) is 2.87. The van der Waals surface area contributed by atoms with Crippen molar-refractivity contribution in [3.63, 3.8) is 0 Å². The van der Waals surface area contributed by atoms with Crippen LogP contribution in [0.5, 0.6) is 0 Å². The predicted molar refractivity (Wildman–Crippen MR) is 84.2 cm³/mol. The van der Waals surface area contributed by atoms with Crippen LogP contribution in [-0.4, -0.2) is 36.4 Å². The molecule has 9 heteroatoms. The van der Waals surface area contributed by atoms with E-state index in [0.29, 0.717) is 13.2 Å². The van der Waals surface area contributed by atoms with Gasteiger partial charge in [-0.25, -0.2) is 17.5 Å². The van der Waals surface area contributed by atoms with Crippen LogP contribution >= 0.6 is 0 Å². The maximum absolute atomic E-state index is 13.7. The summed E-state index contributed by atoms with van der Waals surface area (Å²) < 4.78 is 48.2. The van der Waals surface area contributed by atoms with E-state index < -0.39 is 21.9 Å². The Hall–Kier alpha value is -1.84.